The lowest BCUT2D eigenvalue weighted by Gasteiger charge is -2.07. The highest BCUT2D eigenvalue weighted by atomic mass is 32.1. The lowest BCUT2D eigenvalue weighted by molar-refractivity contribution is 0.0954. The Balaban J connectivity index is 1.90. The van der Waals surface area contributed by atoms with Crippen LogP contribution in [0.2, 0.25) is 0 Å². The zero-order chi connectivity index (χ0) is 15.2. The highest BCUT2D eigenvalue weighted by Gasteiger charge is 2.07. The van der Waals surface area contributed by atoms with Crippen molar-refractivity contribution in [1.29, 1.82) is 0 Å². The van der Waals surface area contributed by atoms with E-state index < -0.39 is 5.82 Å². The lowest BCUT2D eigenvalue weighted by atomic mass is 10.1. The minimum Gasteiger partial charge on any atom is -0.497 e. The standard InChI is InChI=1S/C16H16FNO2S/c1-20-13-4-2-3-11(9-13)7-8-18-16(19)12-5-6-14(17)15(21)10-12/h2-6,9-10,21H,7-8H2,1H3,(H,18,19). The van der Waals surface area contributed by atoms with Crippen molar-refractivity contribution in [3.05, 3.63) is 59.4 Å². The van der Waals surface area contributed by atoms with Gasteiger partial charge in [-0.3, -0.25) is 4.79 Å². The molecule has 0 heterocycles. The summed E-state index contributed by atoms with van der Waals surface area (Å²) in [7, 11) is 1.62. The SMILES string of the molecule is COc1cccc(CCNC(=O)c2ccc(F)c(S)c2)c1. The molecule has 0 aliphatic heterocycles. The number of amides is 1. The monoisotopic (exact) mass is 305 g/mol. The largest absolute Gasteiger partial charge is 0.497 e. The molecule has 0 bridgehead atoms. The number of methoxy groups -OCH3 is 1. The van der Waals surface area contributed by atoms with E-state index in [1.807, 2.05) is 24.3 Å². The molecule has 1 amide bonds. The van der Waals surface area contributed by atoms with Gasteiger partial charge in [-0.05, 0) is 42.3 Å². The first-order valence-corrected chi connectivity index (χ1v) is 6.94. The summed E-state index contributed by atoms with van der Waals surface area (Å²) in [6.45, 7) is 0.491. The Hall–Kier alpha value is -2.01. The Bertz CT molecular complexity index is 646. The number of hydrogen-bond acceptors (Lipinski definition) is 3. The van der Waals surface area contributed by atoms with E-state index in [0.717, 1.165) is 11.3 Å². The lowest BCUT2D eigenvalue weighted by Crippen LogP contribution is -2.25. The second-order valence-corrected chi connectivity index (χ2v) is 5.01. The molecule has 0 radical (unpaired) electrons. The molecule has 0 aliphatic rings. The van der Waals surface area contributed by atoms with Crippen molar-refractivity contribution in [2.75, 3.05) is 13.7 Å². The molecule has 3 nitrogen and oxygen atoms in total. The van der Waals surface area contributed by atoms with E-state index in [0.29, 0.717) is 18.5 Å². The van der Waals surface area contributed by atoms with Crippen LogP contribution in [0.4, 0.5) is 4.39 Å². The van der Waals surface area contributed by atoms with Gasteiger partial charge in [0.15, 0.2) is 0 Å². The van der Waals surface area contributed by atoms with E-state index in [-0.39, 0.29) is 10.8 Å². The molecular weight excluding hydrogens is 289 g/mol. The molecule has 0 aromatic heterocycles. The minimum atomic E-state index is -0.439. The van der Waals surface area contributed by atoms with Crippen molar-refractivity contribution in [2.24, 2.45) is 0 Å². The van der Waals surface area contributed by atoms with Crippen LogP contribution in [-0.2, 0) is 6.42 Å². The Morgan fingerprint density at radius 1 is 1.29 bits per heavy atom. The zero-order valence-corrected chi connectivity index (χ0v) is 12.5. The van der Waals surface area contributed by atoms with Gasteiger partial charge in [0.2, 0.25) is 0 Å². The molecule has 0 aliphatic carbocycles. The third kappa shape index (κ3) is 4.23. The van der Waals surface area contributed by atoms with Crippen molar-refractivity contribution >= 4 is 18.5 Å². The van der Waals surface area contributed by atoms with Crippen molar-refractivity contribution in [3.63, 3.8) is 0 Å². The molecule has 0 saturated carbocycles. The third-order valence-corrected chi connectivity index (χ3v) is 3.38. The third-order valence-electron chi connectivity index (χ3n) is 3.04. The quantitative estimate of drug-likeness (QED) is 0.833. The normalized spacial score (nSPS) is 10.2. The van der Waals surface area contributed by atoms with Gasteiger partial charge in [0.1, 0.15) is 11.6 Å². The summed E-state index contributed by atoms with van der Waals surface area (Å²) in [4.78, 5) is 12.1. The molecule has 110 valence electrons. The molecule has 0 atom stereocenters. The van der Waals surface area contributed by atoms with Crippen molar-refractivity contribution in [1.82, 2.24) is 5.32 Å². The Kier molecular flexibility index (Phi) is 5.22. The fourth-order valence-corrected chi connectivity index (χ4v) is 2.12. The Morgan fingerprint density at radius 3 is 2.81 bits per heavy atom. The van der Waals surface area contributed by atoms with Gasteiger partial charge in [-0.15, -0.1) is 12.6 Å². The number of carbonyl (C=O) groups is 1. The summed E-state index contributed by atoms with van der Waals surface area (Å²) in [6.07, 6.45) is 0.692. The number of thiol groups is 1. The van der Waals surface area contributed by atoms with E-state index in [1.165, 1.54) is 18.2 Å². The summed E-state index contributed by atoms with van der Waals surface area (Å²) in [5.74, 6) is 0.108. The van der Waals surface area contributed by atoms with Gasteiger partial charge in [-0.2, -0.15) is 0 Å². The first-order valence-electron chi connectivity index (χ1n) is 6.50. The summed E-state index contributed by atoms with van der Waals surface area (Å²) >= 11 is 3.96. The van der Waals surface area contributed by atoms with E-state index in [9.17, 15) is 9.18 Å². The molecule has 0 fully saturated rings. The van der Waals surface area contributed by atoms with Gasteiger partial charge in [-0.1, -0.05) is 12.1 Å². The molecule has 21 heavy (non-hydrogen) atoms. The van der Waals surface area contributed by atoms with Crippen LogP contribution in [0.1, 0.15) is 15.9 Å². The summed E-state index contributed by atoms with van der Waals surface area (Å²) in [6, 6.07) is 11.8. The summed E-state index contributed by atoms with van der Waals surface area (Å²) in [5.41, 5.74) is 1.47. The molecule has 5 heteroatoms. The van der Waals surface area contributed by atoms with Gasteiger partial charge in [0.05, 0.1) is 7.11 Å². The predicted molar refractivity (Wildman–Crippen MR) is 82.7 cm³/mol. The van der Waals surface area contributed by atoms with Gasteiger partial charge < -0.3 is 10.1 Å². The van der Waals surface area contributed by atoms with Crippen LogP contribution >= 0.6 is 12.6 Å². The number of hydrogen-bond donors (Lipinski definition) is 2. The molecule has 0 spiro atoms. The highest BCUT2D eigenvalue weighted by Crippen LogP contribution is 2.14. The molecule has 2 aromatic rings. The van der Waals surface area contributed by atoms with Crippen LogP contribution in [0.25, 0.3) is 0 Å². The first-order chi connectivity index (χ1) is 10.1. The minimum absolute atomic E-state index is 0.162. The molecule has 0 saturated heterocycles. The molecule has 2 rings (SSSR count). The van der Waals surface area contributed by atoms with Gasteiger partial charge in [0.25, 0.3) is 5.91 Å². The highest BCUT2D eigenvalue weighted by molar-refractivity contribution is 7.80. The Labute approximate surface area is 128 Å². The van der Waals surface area contributed by atoms with Gasteiger partial charge >= 0.3 is 0 Å². The van der Waals surface area contributed by atoms with Crippen molar-refractivity contribution < 1.29 is 13.9 Å². The van der Waals surface area contributed by atoms with Crippen LogP contribution in [0.3, 0.4) is 0 Å². The topological polar surface area (TPSA) is 38.3 Å². The number of halogens is 1. The van der Waals surface area contributed by atoms with Crippen LogP contribution in [-0.4, -0.2) is 19.6 Å². The number of benzene rings is 2. The van der Waals surface area contributed by atoms with E-state index in [2.05, 4.69) is 17.9 Å². The fourth-order valence-electron chi connectivity index (χ4n) is 1.90. The number of ether oxygens (including phenoxy) is 1. The Morgan fingerprint density at radius 2 is 2.10 bits per heavy atom. The predicted octanol–water partition coefficient (Wildman–Crippen LogP) is 3.10. The van der Waals surface area contributed by atoms with E-state index in [1.54, 1.807) is 7.11 Å². The van der Waals surface area contributed by atoms with Gasteiger partial charge in [-0.25, -0.2) is 4.39 Å². The van der Waals surface area contributed by atoms with E-state index >= 15 is 0 Å². The average Bonchev–Trinajstić information content (AvgIpc) is 2.50. The fraction of sp³-hybridized carbons (Fsp3) is 0.188. The van der Waals surface area contributed by atoms with Crippen LogP contribution in [0.5, 0.6) is 5.75 Å². The second-order valence-electron chi connectivity index (χ2n) is 4.52. The maximum absolute atomic E-state index is 13.1. The summed E-state index contributed by atoms with van der Waals surface area (Å²) in [5, 5.41) is 2.80. The molecule has 2 aromatic carbocycles. The average molecular weight is 305 g/mol. The maximum Gasteiger partial charge on any atom is 0.251 e. The van der Waals surface area contributed by atoms with E-state index in [4.69, 9.17) is 4.74 Å². The zero-order valence-electron chi connectivity index (χ0n) is 11.6. The van der Waals surface area contributed by atoms with Crippen LogP contribution < -0.4 is 10.1 Å². The number of carbonyl (C=O) groups excluding carboxylic acids is 1. The molecule has 0 unspecified atom stereocenters. The van der Waals surface area contributed by atoms with Gasteiger partial charge in [0, 0.05) is 17.0 Å². The molecule has 1 N–H and O–H groups in total. The number of nitrogens with one attached hydrogen (secondary N) is 1. The van der Waals surface area contributed by atoms with Crippen LogP contribution in [0.15, 0.2) is 47.4 Å². The van der Waals surface area contributed by atoms with Crippen LogP contribution in [0, 0.1) is 5.82 Å². The van der Waals surface area contributed by atoms with Crippen molar-refractivity contribution in [2.45, 2.75) is 11.3 Å². The number of rotatable bonds is 5. The second kappa shape index (κ2) is 7.13. The first kappa shape index (κ1) is 15.4. The smallest absolute Gasteiger partial charge is 0.251 e. The summed E-state index contributed by atoms with van der Waals surface area (Å²) < 4.78 is 18.2. The van der Waals surface area contributed by atoms with Crippen molar-refractivity contribution in [3.8, 4) is 5.75 Å². The molecular formula is C16H16FNO2S. The maximum atomic E-state index is 13.1.